The Balaban J connectivity index is 1.88. The molecule has 2 rings (SSSR count). The third-order valence-corrected chi connectivity index (χ3v) is 3.59. The van der Waals surface area contributed by atoms with Crippen LogP contribution < -0.4 is 5.73 Å². The van der Waals surface area contributed by atoms with Crippen molar-refractivity contribution in [2.75, 3.05) is 19.3 Å². The number of nitrogen functional groups attached to an aromatic ring is 1. The van der Waals surface area contributed by atoms with Gasteiger partial charge in [-0.15, -0.1) is 0 Å². The lowest BCUT2D eigenvalue weighted by Crippen LogP contribution is -2.24. The van der Waals surface area contributed by atoms with E-state index in [0.717, 1.165) is 12.5 Å². The maximum Gasteiger partial charge on any atom is 0.138 e. The number of phenols is 1. The standard InChI is InChI=1S/C14H22N2O/c1-16(9-11-4-2-3-5-11)10-12-6-7-14(17)13(15)8-12/h6-8,11,17H,2-5,9-10,15H2,1H3. The van der Waals surface area contributed by atoms with Crippen LogP contribution in [0.4, 0.5) is 5.69 Å². The molecule has 0 radical (unpaired) electrons. The zero-order valence-electron chi connectivity index (χ0n) is 10.5. The zero-order valence-corrected chi connectivity index (χ0v) is 10.5. The third-order valence-electron chi connectivity index (χ3n) is 3.59. The van der Waals surface area contributed by atoms with E-state index in [-0.39, 0.29) is 5.75 Å². The summed E-state index contributed by atoms with van der Waals surface area (Å²) in [5.74, 6) is 1.04. The van der Waals surface area contributed by atoms with Crippen LogP contribution in [-0.4, -0.2) is 23.6 Å². The fraction of sp³-hybridized carbons (Fsp3) is 0.571. The van der Waals surface area contributed by atoms with Gasteiger partial charge < -0.3 is 15.7 Å². The van der Waals surface area contributed by atoms with Gasteiger partial charge in [-0.05, 0) is 43.5 Å². The second kappa shape index (κ2) is 5.41. The molecule has 0 aromatic heterocycles. The average Bonchev–Trinajstić information content (AvgIpc) is 2.76. The minimum atomic E-state index is 0.173. The number of hydrogen-bond donors (Lipinski definition) is 2. The second-order valence-electron chi connectivity index (χ2n) is 5.24. The Morgan fingerprint density at radius 3 is 2.71 bits per heavy atom. The van der Waals surface area contributed by atoms with Gasteiger partial charge in [0.2, 0.25) is 0 Å². The lowest BCUT2D eigenvalue weighted by atomic mass is 10.1. The first kappa shape index (κ1) is 12.2. The van der Waals surface area contributed by atoms with Crippen LogP contribution in [0.1, 0.15) is 31.2 Å². The van der Waals surface area contributed by atoms with E-state index < -0.39 is 0 Å². The monoisotopic (exact) mass is 234 g/mol. The van der Waals surface area contributed by atoms with Gasteiger partial charge in [0.1, 0.15) is 5.75 Å². The van der Waals surface area contributed by atoms with Crippen LogP contribution in [-0.2, 0) is 6.54 Å². The number of aromatic hydroxyl groups is 1. The van der Waals surface area contributed by atoms with Gasteiger partial charge in [0, 0.05) is 13.1 Å². The van der Waals surface area contributed by atoms with E-state index in [4.69, 9.17) is 5.73 Å². The predicted molar refractivity (Wildman–Crippen MR) is 70.8 cm³/mol. The summed E-state index contributed by atoms with van der Waals surface area (Å²) in [4.78, 5) is 2.35. The molecule has 1 aliphatic carbocycles. The van der Waals surface area contributed by atoms with Crippen LogP contribution in [0.3, 0.4) is 0 Å². The summed E-state index contributed by atoms with van der Waals surface area (Å²) in [5.41, 5.74) is 7.33. The second-order valence-corrected chi connectivity index (χ2v) is 5.24. The maximum atomic E-state index is 9.37. The van der Waals surface area contributed by atoms with Crippen LogP contribution in [0.15, 0.2) is 18.2 Å². The van der Waals surface area contributed by atoms with E-state index in [1.54, 1.807) is 6.07 Å². The molecule has 94 valence electrons. The van der Waals surface area contributed by atoms with Crippen LogP contribution in [0.2, 0.25) is 0 Å². The summed E-state index contributed by atoms with van der Waals surface area (Å²) >= 11 is 0. The summed E-state index contributed by atoms with van der Waals surface area (Å²) in [7, 11) is 2.15. The topological polar surface area (TPSA) is 49.5 Å². The summed E-state index contributed by atoms with van der Waals surface area (Å²) in [6, 6.07) is 5.48. The van der Waals surface area contributed by atoms with Crippen LogP contribution in [0.5, 0.6) is 5.75 Å². The number of nitrogens with two attached hydrogens (primary N) is 1. The Kier molecular flexibility index (Phi) is 3.89. The number of benzene rings is 1. The fourth-order valence-electron chi connectivity index (χ4n) is 2.71. The molecule has 0 saturated heterocycles. The fourth-order valence-corrected chi connectivity index (χ4v) is 2.71. The summed E-state index contributed by atoms with van der Waals surface area (Å²) in [6.07, 6.45) is 5.54. The lowest BCUT2D eigenvalue weighted by molar-refractivity contribution is 0.271. The van der Waals surface area contributed by atoms with E-state index in [1.165, 1.54) is 37.8 Å². The number of hydrogen-bond acceptors (Lipinski definition) is 3. The molecule has 0 aliphatic heterocycles. The van der Waals surface area contributed by atoms with Gasteiger partial charge in [-0.1, -0.05) is 18.9 Å². The van der Waals surface area contributed by atoms with E-state index in [1.807, 2.05) is 12.1 Å². The molecular weight excluding hydrogens is 212 g/mol. The van der Waals surface area contributed by atoms with Crippen molar-refractivity contribution in [1.82, 2.24) is 4.90 Å². The Bertz CT molecular complexity index is 372. The molecule has 0 bridgehead atoms. The third kappa shape index (κ3) is 3.37. The molecule has 1 saturated carbocycles. The van der Waals surface area contributed by atoms with Crippen LogP contribution in [0, 0.1) is 5.92 Å². The number of phenolic OH excluding ortho intramolecular Hbond substituents is 1. The molecule has 0 unspecified atom stereocenters. The highest BCUT2D eigenvalue weighted by molar-refractivity contribution is 5.53. The van der Waals surface area contributed by atoms with E-state index >= 15 is 0 Å². The summed E-state index contributed by atoms with van der Waals surface area (Å²) in [5, 5.41) is 9.37. The minimum Gasteiger partial charge on any atom is -0.506 e. The molecule has 1 aromatic carbocycles. The number of nitrogens with zero attached hydrogens (tertiary/aromatic N) is 1. The smallest absolute Gasteiger partial charge is 0.138 e. The molecule has 0 amide bonds. The number of anilines is 1. The van der Waals surface area contributed by atoms with Crippen molar-refractivity contribution in [1.29, 1.82) is 0 Å². The van der Waals surface area contributed by atoms with Gasteiger partial charge in [-0.2, -0.15) is 0 Å². The zero-order chi connectivity index (χ0) is 12.3. The first-order chi connectivity index (χ1) is 8.15. The molecule has 1 aromatic rings. The Hall–Kier alpha value is -1.22. The van der Waals surface area contributed by atoms with Crippen molar-refractivity contribution in [3.05, 3.63) is 23.8 Å². The lowest BCUT2D eigenvalue weighted by Gasteiger charge is -2.21. The Labute approximate surface area is 103 Å². The van der Waals surface area contributed by atoms with Crippen molar-refractivity contribution in [2.24, 2.45) is 5.92 Å². The molecule has 3 N–H and O–H groups in total. The van der Waals surface area contributed by atoms with Crippen molar-refractivity contribution in [3.8, 4) is 5.75 Å². The predicted octanol–water partition coefficient (Wildman–Crippen LogP) is 2.60. The molecule has 0 spiro atoms. The van der Waals surface area contributed by atoms with Crippen LogP contribution >= 0.6 is 0 Å². The minimum absolute atomic E-state index is 0.173. The first-order valence-corrected chi connectivity index (χ1v) is 6.41. The maximum absolute atomic E-state index is 9.37. The van der Waals surface area contributed by atoms with Crippen molar-refractivity contribution in [2.45, 2.75) is 32.2 Å². The van der Waals surface area contributed by atoms with Gasteiger partial charge in [-0.3, -0.25) is 0 Å². The van der Waals surface area contributed by atoms with Crippen LogP contribution in [0.25, 0.3) is 0 Å². The molecule has 0 heterocycles. The van der Waals surface area contributed by atoms with Gasteiger partial charge in [0.15, 0.2) is 0 Å². The SMILES string of the molecule is CN(Cc1ccc(O)c(N)c1)CC1CCCC1. The highest BCUT2D eigenvalue weighted by Crippen LogP contribution is 2.26. The quantitative estimate of drug-likeness (QED) is 0.622. The highest BCUT2D eigenvalue weighted by atomic mass is 16.3. The molecule has 1 fully saturated rings. The Morgan fingerprint density at radius 1 is 1.35 bits per heavy atom. The first-order valence-electron chi connectivity index (χ1n) is 6.41. The van der Waals surface area contributed by atoms with Gasteiger partial charge in [0.25, 0.3) is 0 Å². The van der Waals surface area contributed by atoms with Crippen molar-refractivity contribution in [3.63, 3.8) is 0 Å². The summed E-state index contributed by atoms with van der Waals surface area (Å²) < 4.78 is 0. The molecule has 1 aliphatic rings. The van der Waals surface area contributed by atoms with E-state index in [2.05, 4.69) is 11.9 Å². The Morgan fingerprint density at radius 2 is 2.06 bits per heavy atom. The molecule has 3 nitrogen and oxygen atoms in total. The van der Waals surface area contributed by atoms with Gasteiger partial charge in [0.05, 0.1) is 5.69 Å². The van der Waals surface area contributed by atoms with E-state index in [9.17, 15) is 5.11 Å². The highest BCUT2D eigenvalue weighted by Gasteiger charge is 2.16. The van der Waals surface area contributed by atoms with Crippen molar-refractivity contribution < 1.29 is 5.11 Å². The average molecular weight is 234 g/mol. The summed E-state index contributed by atoms with van der Waals surface area (Å²) in [6.45, 7) is 2.07. The number of rotatable bonds is 4. The molecule has 17 heavy (non-hydrogen) atoms. The van der Waals surface area contributed by atoms with Gasteiger partial charge in [-0.25, -0.2) is 0 Å². The molecule has 0 atom stereocenters. The largest absolute Gasteiger partial charge is 0.506 e. The molecule has 3 heteroatoms. The molecular formula is C14H22N2O. The normalized spacial score (nSPS) is 16.8. The van der Waals surface area contributed by atoms with Crippen molar-refractivity contribution >= 4 is 5.69 Å². The van der Waals surface area contributed by atoms with Gasteiger partial charge >= 0.3 is 0 Å². The van der Waals surface area contributed by atoms with E-state index in [0.29, 0.717) is 5.69 Å².